The van der Waals surface area contributed by atoms with Crippen LogP contribution >= 0.6 is 23.4 Å². The van der Waals surface area contributed by atoms with Crippen molar-refractivity contribution in [2.75, 3.05) is 25.4 Å². The van der Waals surface area contributed by atoms with Gasteiger partial charge < -0.3 is 4.90 Å². The molecule has 0 aliphatic heterocycles. The number of aromatic nitrogens is 2. The smallest absolute Gasteiger partial charge is 0.133 e. The van der Waals surface area contributed by atoms with E-state index in [1.165, 1.54) is 0 Å². The van der Waals surface area contributed by atoms with E-state index in [0.29, 0.717) is 11.1 Å². The van der Waals surface area contributed by atoms with Crippen LogP contribution in [0, 0.1) is 0 Å². The van der Waals surface area contributed by atoms with E-state index in [-0.39, 0.29) is 0 Å². The summed E-state index contributed by atoms with van der Waals surface area (Å²) in [4.78, 5) is 11.2. The van der Waals surface area contributed by atoms with Gasteiger partial charge in [-0.05, 0) is 13.1 Å². The third-order valence-corrected chi connectivity index (χ3v) is 3.84. The number of halogens is 1. The van der Waals surface area contributed by atoms with Crippen molar-refractivity contribution in [3.63, 3.8) is 0 Å². The molecule has 1 heterocycles. The number of nitrogens with zero attached hydrogens (tertiary/aromatic N) is 3. The van der Waals surface area contributed by atoms with Crippen LogP contribution in [0.25, 0.3) is 0 Å². The topological polar surface area (TPSA) is 29.0 Å². The van der Waals surface area contributed by atoms with Gasteiger partial charge in [-0.3, -0.25) is 0 Å². The maximum absolute atomic E-state index is 6.02. The Morgan fingerprint density at radius 2 is 1.94 bits per heavy atom. The van der Waals surface area contributed by atoms with Crippen LogP contribution in [0.1, 0.15) is 39.4 Å². The summed E-state index contributed by atoms with van der Waals surface area (Å²) in [6.45, 7) is 11.8. The zero-order chi connectivity index (χ0) is 13.5. The van der Waals surface area contributed by atoms with Crippen molar-refractivity contribution >= 4 is 23.4 Å². The van der Waals surface area contributed by atoms with E-state index in [0.717, 1.165) is 36.2 Å². The van der Waals surface area contributed by atoms with E-state index in [1.807, 2.05) is 6.07 Å². The zero-order valence-corrected chi connectivity index (χ0v) is 13.2. The highest BCUT2D eigenvalue weighted by Crippen LogP contribution is 2.21. The lowest BCUT2D eigenvalue weighted by Crippen LogP contribution is -2.25. The Kier molecular flexibility index (Phi) is 6.97. The van der Waals surface area contributed by atoms with Gasteiger partial charge in [-0.15, -0.1) is 11.8 Å². The van der Waals surface area contributed by atoms with Crippen molar-refractivity contribution < 1.29 is 0 Å². The Morgan fingerprint density at radius 1 is 1.28 bits per heavy atom. The lowest BCUT2D eigenvalue weighted by Gasteiger charge is -2.17. The van der Waals surface area contributed by atoms with E-state index < -0.39 is 0 Å². The average Bonchev–Trinajstić information content (AvgIpc) is 2.34. The van der Waals surface area contributed by atoms with Gasteiger partial charge in [0.15, 0.2) is 0 Å². The first-order valence-electron chi connectivity index (χ1n) is 6.46. The lowest BCUT2D eigenvalue weighted by atomic mass is 10.2. The molecule has 0 unspecified atom stereocenters. The van der Waals surface area contributed by atoms with E-state index in [4.69, 9.17) is 11.6 Å². The van der Waals surface area contributed by atoms with Gasteiger partial charge in [-0.1, -0.05) is 39.3 Å². The molecule has 5 heteroatoms. The fourth-order valence-electron chi connectivity index (χ4n) is 1.57. The van der Waals surface area contributed by atoms with Gasteiger partial charge in [0, 0.05) is 24.3 Å². The van der Waals surface area contributed by atoms with Crippen LogP contribution in [0.4, 0.5) is 0 Å². The number of hydrogen-bond donors (Lipinski definition) is 0. The number of thioether (sulfide) groups is 1. The molecule has 0 aliphatic rings. The molecule has 0 saturated carbocycles. The highest BCUT2D eigenvalue weighted by Gasteiger charge is 2.08. The van der Waals surface area contributed by atoms with Crippen molar-refractivity contribution in [1.82, 2.24) is 14.9 Å². The molecule has 18 heavy (non-hydrogen) atoms. The molecular weight excluding hydrogens is 266 g/mol. The second kappa shape index (κ2) is 7.97. The minimum absolute atomic E-state index is 0.311. The normalized spacial score (nSPS) is 11.5. The van der Waals surface area contributed by atoms with E-state index in [2.05, 4.69) is 42.6 Å². The minimum Gasteiger partial charge on any atom is -0.303 e. The highest BCUT2D eigenvalue weighted by molar-refractivity contribution is 7.99. The molecule has 0 aromatic carbocycles. The monoisotopic (exact) mass is 287 g/mol. The highest BCUT2D eigenvalue weighted by atomic mass is 35.5. The average molecular weight is 288 g/mol. The molecule has 1 aromatic rings. The molecular formula is C13H22ClN3S. The molecule has 0 fully saturated rings. The van der Waals surface area contributed by atoms with Crippen LogP contribution in [0.3, 0.4) is 0 Å². The Labute approximate surface area is 119 Å². The summed E-state index contributed by atoms with van der Waals surface area (Å²) < 4.78 is 0. The van der Waals surface area contributed by atoms with Crippen molar-refractivity contribution in [2.45, 2.75) is 38.6 Å². The van der Waals surface area contributed by atoms with Crippen LogP contribution in [-0.2, 0) is 0 Å². The first-order valence-corrected chi connectivity index (χ1v) is 7.82. The van der Waals surface area contributed by atoms with Gasteiger partial charge in [-0.25, -0.2) is 9.97 Å². The second-order valence-corrected chi connectivity index (χ2v) is 5.92. The third-order valence-electron chi connectivity index (χ3n) is 2.76. The first kappa shape index (κ1) is 15.7. The maximum atomic E-state index is 6.02. The molecule has 0 aliphatic carbocycles. The van der Waals surface area contributed by atoms with Crippen molar-refractivity contribution in [3.8, 4) is 0 Å². The summed E-state index contributed by atoms with van der Waals surface area (Å²) in [6.07, 6.45) is 0. The molecule has 0 N–H and O–H groups in total. The third kappa shape index (κ3) is 5.12. The summed E-state index contributed by atoms with van der Waals surface area (Å²) in [5.41, 5.74) is 0. The molecule has 0 amide bonds. The largest absolute Gasteiger partial charge is 0.303 e. The minimum atomic E-state index is 0.311. The summed E-state index contributed by atoms with van der Waals surface area (Å²) in [7, 11) is 0. The van der Waals surface area contributed by atoms with Gasteiger partial charge in [-0.2, -0.15) is 0 Å². The summed E-state index contributed by atoms with van der Waals surface area (Å²) in [5.74, 6) is 2.17. The molecule has 0 atom stereocenters. The van der Waals surface area contributed by atoms with Crippen LogP contribution in [0.2, 0.25) is 5.15 Å². The van der Waals surface area contributed by atoms with Crippen LogP contribution in [0.5, 0.6) is 0 Å². The maximum Gasteiger partial charge on any atom is 0.133 e. The van der Waals surface area contributed by atoms with Crippen LogP contribution in [0.15, 0.2) is 11.1 Å². The summed E-state index contributed by atoms with van der Waals surface area (Å²) in [5, 5.41) is 1.52. The molecule has 3 nitrogen and oxygen atoms in total. The van der Waals surface area contributed by atoms with Crippen LogP contribution in [-0.4, -0.2) is 40.3 Å². The molecule has 1 aromatic heterocycles. The van der Waals surface area contributed by atoms with Gasteiger partial charge in [0.05, 0.1) is 0 Å². The zero-order valence-electron chi connectivity index (χ0n) is 11.6. The molecule has 0 radical (unpaired) electrons. The number of hydrogen-bond acceptors (Lipinski definition) is 4. The fourth-order valence-corrected chi connectivity index (χ4v) is 2.73. The standard InChI is InChI=1S/C13H22ClN3S/c1-5-17(6-2)7-8-18-12-9-11(14)15-13(16-12)10(3)4/h9-10H,5-8H2,1-4H3. The Hall–Kier alpha value is -0.320. The SMILES string of the molecule is CCN(CC)CCSc1cc(Cl)nc(C(C)C)n1. The van der Waals surface area contributed by atoms with Gasteiger partial charge in [0.1, 0.15) is 16.0 Å². The van der Waals surface area contributed by atoms with Crippen molar-refractivity contribution in [3.05, 3.63) is 17.0 Å². The summed E-state index contributed by atoms with van der Waals surface area (Å²) in [6, 6.07) is 1.85. The molecule has 0 saturated heterocycles. The molecule has 1 rings (SSSR count). The summed E-state index contributed by atoms with van der Waals surface area (Å²) >= 11 is 7.76. The fraction of sp³-hybridized carbons (Fsp3) is 0.692. The van der Waals surface area contributed by atoms with Gasteiger partial charge in [0.25, 0.3) is 0 Å². The Balaban J connectivity index is 2.56. The quantitative estimate of drug-likeness (QED) is 0.565. The second-order valence-electron chi connectivity index (χ2n) is 4.42. The predicted molar refractivity (Wildman–Crippen MR) is 79.6 cm³/mol. The van der Waals surface area contributed by atoms with Gasteiger partial charge >= 0.3 is 0 Å². The van der Waals surface area contributed by atoms with E-state index in [9.17, 15) is 0 Å². The van der Waals surface area contributed by atoms with E-state index >= 15 is 0 Å². The van der Waals surface area contributed by atoms with Gasteiger partial charge in [0.2, 0.25) is 0 Å². The molecule has 0 bridgehead atoms. The Bertz CT molecular complexity index is 367. The van der Waals surface area contributed by atoms with E-state index in [1.54, 1.807) is 11.8 Å². The predicted octanol–water partition coefficient (Wildman–Crippen LogP) is 3.69. The first-order chi connectivity index (χ1) is 8.56. The van der Waals surface area contributed by atoms with Crippen molar-refractivity contribution in [1.29, 1.82) is 0 Å². The molecule has 102 valence electrons. The Morgan fingerprint density at radius 3 is 2.50 bits per heavy atom. The molecule has 0 spiro atoms. The lowest BCUT2D eigenvalue weighted by molar-refractivity contribution is 0.324. The number of rotatable bonds is 7. The van der Waals surface area contributed by atoms with Crippen molar-refractivity contribution in [2.24, 2.45) is 0 Å². The van der Waals surface area contributed by atoms with Crippen LogP contribution < -0.4 is 0 Å².